The molecule has 1 fully saturated rings. The Morgan fingerprint density at radius 1 is 1.53 bits per heavy atom. The SMILES string of the molecule is CCOCCNC1CCC(=O)N(C)C1=O. The monoisotopic (exact) mass is 214 g/mol. The highest BCUT2D eigenvalue weighted by Crippen LogP contribution is 2.10. The maximum atomic E-state index is 11.6. The zero-order chi connectivity index (χ0) is 11.3. The van der Waals surface area contributed by atoms with Gasteiger partial charge >= 0.3 is 0 Å². The van der Waals surface area contributed by atoms with Crippen LogP contribution in [0.3, 0.4) is 0 Å². The summed E-state index contributed by atoms with van der Waals surface area (Å²) in [4.78, 5) is 24.0. The molecule has 1 saturated heterocycles. The van der Waals surface area contributed by atoms with E-state index in [0.29, 0.717) is 32.6 Å². The number of carbonyl (C=O) groups excluding carboxylic acids is 2. The topological polar surface area (TPSA) is 58.6 Å². The molecule has 1 N–H and O–H groups in total. The van der Waals surface area contributed by atoms with Gasteiger partial charge in [0.05, 0.1) is 12.6 Å². The number of hydrogen-bond acceptors (Lipinski definition) is 4. The van der Waals surface area contributed by atoms with Crippen molar-refractivity contribution in [3.8, 4) is 0 Å². The first-order chi connectivity index (χ1) is 7.16. The third-order valence-electron chi connectivity index (χ3n) is 2.49. The minimum Gasteiger partial charge on any atom is -0.380 e. The Bertz CT molecular complexity index is 243. The molecule has 0 aliphatic carbocycles. The number of carbonyl (C=O) groups is 2. The predicted molar refractivity (Wildman–Crippen MR) is 55.3 cm³/mol. The second kappa shape index (κ2) is 5.82. The Kier molecular flexibility index (Phi) is 4.71. The zero-order valence-corrected chi connectivity index (χ0v) is 9.28. The van der Waals surface area contributed by atoms with E-state index in [1.165, 1.54) is 11.9 Å². The second-order valence-corrected chi connectivity index (χ2v) is 3.53. The van der Waals surface area contributed by atoms with Crippen LogP contribution in [-0.4, -0.2) is 49.6 Å². The van der Waals surface area contributed by atoms with Crippen LogP contribution in [0, 0.1) is 0 Å². The molecule has 5 nitrogen and oxygen atoms in total. The molecule has 0 aromatic carbocycles. The molecule has 1 unspecified atom stereocenters. The molecular weight excluding hydrogens is 196 g/mol. The molecule has 1 heterocycles. The van der Waals surface area contributed by atoms with Gasteiger partial charge in [0, 0.05) is 26.6 Å². The Hall–Kier alpha value is -0.940. The van der Waals surface area contributed by atoms with E-state index in [9.17, 15) is 9.59 Å². The molecule has 2 amide bonds. The maximum Gasteiger partial charge on any atom is 0.246 e. The number of rotatable bonds is 5. The smallest absolute Gasteiger partial charge is 0.246 e. The van der Waals surface area contributed by atoms with E-state index in [2.05, 4.69) is 5.32 Å². The number of likely N-dealkylation sites (N-methyl/N-ethyl adjacent to an activating group) is 1. The van der Waals surface area contributed by atoms with Gasteiger partial charge in [0.1, 0.15) is 0 Å². The lowest BCUT2D eigenvalue weighted by atomic mass is 10.0. The molecule has 0 saturated carbocycles. The van der Waals surface area contributed by atoms with Gasteiger partial charge in [-0.15, -0.1) is 0 Å². The molecule has 1 aliphatic rings. The molecule has 0 spiro atoms. The minimum absolute atomic E-state index is 0.0946. The Labute approximate surface area is 89.8 Å². The van der Waals surface area contributed by atoms with E-state index in [1.54, 1.807) is 0 Å². The fourth-order valence-electron chi connectivity index (χ4n) is 1.55. The second-order valence-electron chi connectivity index (χ2n) is 3.53. The molecule has 1 atom stereocenters. The van der Waals surface area contributed by atoms with Crippen LogP contribution in [0.25, 0.3) is 0 Å². The van der Waals surface area contributed by atoms with Crippen LogP contribution < -0.4 is 5.32 Å². The maximum absolute atomic E-state index is 11.6. The predicted octanol–water partition coefficient (Wildman–Crippen LogP) is -0.240. The first kappa shape index (κ1) is 12.1. The van der Waals surface area contributed by atoms with Crippen molar-refractivity contribution in [2.75, 3.05) is 26.8 Å². The fraction of sp³-hybridized carbons (Fsp3) is 0.800. The quantitative estimate of drug-likeness (QED) is 0.507. The first-order valence-electron chi connectivity index (χ1n) is 5.28. The average Bonchev–Trinajstić information content (AvgIpc) is 2.24. The van der Waals surface area contributed by atoms with Gasteiger partial charge in [-0.05, 0) is 13.3 Å². The lowest BCUT2D eigenvalue weighted by Crippen LogP contribution is -2.52. The van der Waals surface area contributed by atoms with Gasteiger partial charge < -0.3 is 10.1 Å². The molecule has 5 heteroatoms. The van der Waals surface area contributed by atoms with Crippen molar-refractivity contribution >= 4 is 11.8 Å². The van der Waals surface area contributed by atoms with Crippen molar-refractivity contribution in [3.63, 3.8) is 0 Å². The third kappa shape index (κ3) is 3.28. The van der Waals surface area contributed by atoms with Gasteiger partial charge in [0.25, 0.3) is 0 Å². The number of likely N-dealkylation sites (tertiary alicyclic amines) is 1. The summed E-state index contributed by atoms with van der Waals surface area (Å²) < 4.78 is 5.15. The zero-order valence-electron chi connectivity index (χ0n) is 9.28. The van der Waals surface area contributed by atoms with Crippen LogP contribution in [0.15, 0.2) is 0 Å². The summed E-state index contributed by atoms with van der Waals surface area (Å²) in [5.41, 5.74) is 0. The van der Waals surface area contributed by atoms with Crippen molar-refractivity contribution < 1.29 is 14.3 Å². The van der Waals surface area contributed by atoms with Crippen LogP contribution in [-0.2, 0) is 14.3 Å². The number of piperidine rings is 1. The standard InChI is InChI=1S/C10H18N2O3/c1-3-15-7-6-11-8-4-5-9(13)12(2)10(8)14/h8,11H,3-7H2,1-2H3. The first-order valence-corrected chi connectivity index (χ1v) is 5.28. The van der Waals surface area contributed by atoms with Crippen molar-refractivity contribution in [2.24, 2.45) is 0 Å². The summed E-state index contributed by atoms with van der Waals surface area (Å²) in [5, 5.41) is 3.09. The van der Waals surface area contributed by atoms with Crippen molar-refractivity contribution in [3.05, 3.63) is 0 Å². The Morgan fingerprint density at radius 2 is 2.27 bits per heavy atom. The van der Waals surface area contributed by atoms with Crippen molar-refractivity contribution in [1.29, 1.82) is 0 Å². The van der Waals surface area contributed by atoms with E-state index in [0.717, 1.165) is 0 Å². The van der Waals surface area contributed by atoms with Gasteiger partial charge in [-0.3, -0.25) is 14.5 Å². The minimum atomic E-state index is -0.229. The van der Waals surface area contributed by atoms with E-state index in [-0.39, 0.29) is 17.9 Å². The van der Waals surface area contributed by atoms with Gasteiger partial charge in [0.2, 0.25) is 11.8 Å². The molecule has 15 heavy (non-hydrogen) atoms. The highest BCUT2D eigenvalue weighted by Gasteiger charge is 2.30. The third-order valence-corrected chi connectivity index (χ3v) is 2.49. The highest BCUT2D eigenvalue weighted by molar-refractivity contribution is 6.00. The summed E-state index contributed by atoms with van der Waals surface area (Å²) in [7, 11) is 1.53. The molecule has 0 aromatic heterocycles. The van der Waals surface area contributed by atoms with Gasteiger partial charge in [-0.2, -0.15) is 0 Å². The molecule has 0 aromatic rings. The Morgan fingerprint density at radius 3 is 2.93 bits per heavy atom. The number of nitrogens with one attached hydrogen (secondary N) is 1. The van der Waals surface area contributed by atoms with Crippen LogP contribution in [0.5, 0.6) is 0 Å². The van der Waals surface area contributed by atoms with E-state index in [1.807, 2.05) is 6.92 Å². The molecule has 86 valence electrons. The van der Waals surface area contributed by atoms with Crippen molar-refractivity contribution in [2.45, 2.75) is 25.8 Å². The number of imide groups is 1. The van der Waals surface area contributed by atoms with E-state index in [4.69, 9.17) is 4.74 Å². The number of hydrogen-bond donors (Lipinski definition) is 1. The van der Waals surface area contributed by atoms with Crippen LogP contribution in [0.4, 0.5) is 0 Å². The summed E-state index contributed by atoms with van der Waals surface area (Å²) in [6, 6.07) is -0.229. The van der Waals surface area contributed by atoms with Crippen LogP contribution in [0.1, 0.15) is 19.8 Å². The molecule has 0 bridgehead atoms. The van der Waals surface area contributed by atoms with E-state index >= 15 is 0 Å². The molecule has 0 radical (unpaired) electrons. The summed E-state index contributed by atoms with van der Waals surface area (Å²) >= 11 is 0. The lowest BCUT2D eigenvalue weighted by Gasteiger charge is -2.28. The molecule has 1 aliphatic heterocycles. The lowest BCUT2D eigenvalue weighted by molar-refractivity contribution is -0.148. The number of nitrogens with zero attached hydrogens (tertiary/aromatic N) is 1. The van der Waals surface area contributed by atoms with Gasteiger partial charge in [-0.1, -0.05) is 0 Å². The van der Waals surface area contributed by atoms with Crippen LogP contribution in [0.2, 0.25) is 0 Å². The molecule has 1 rings (SSSR count). The largest absolute Gasteiger partial charge is 0.380 e. The Balaban J connectivity index is 2.30. The normalized spacial score (nSPS) is 22.3. The van der Waals surface area contributed by atoms with Crippen LogP contribution >= 0.6 is 0 Å². The fourth-order valence-corrected chi connectivity index (χ4v) is 1.55. The highest BCUT2D eigenvalue weighted by atomic mass is 16.5. The van der Waals surface area contributed by atoms with Crippen molar-refractivity contribution in [1.82, 2.24) is 10.2 Å². The number of ether oxygens (including phenoxy) is 1. The van der Waals surface area contributed by atoms with Gasteiger partial charge in [-0.25, -0.2) is 0 Å². The average molecular weight is 214 g/mol. The van der Waals surface area contributed by atoms with E-state index < -0.39 is 0 Å². The molecular formula is C10H18N2O3. The number of amides is 2. The summed E-state index contributed by atoms with van der Waals surface area (Å²) in [5.74, 6) is -0.231. The van der Waals surface area contributed by atoms with Gasteiger partial charge in [0.15, 0.2) is 0 Å². The summed E-state index contributed by atoms with van der Waals surface area (Å²) in [6.07, 6.45) is 1.03. The summed E-state index contributed by atoms with van der Waals surface area (Å²) in [6.45, 7) is 3.85.